The molecule has 1 amide bonds. The van der Waals surface area contributed by atoms with Gasteiger partial charge in [-0.2, -0.15) is 0 Å². The number of guanidine groups is 1. The largest absolute Gasteiger partial charge is 0.356 e. The smallest absolute Gasteiger partial charge is 0.251 e. The summed E-state index contributed by atoms with van der Waals surface area (Å²) in [5.41, 5.74) is 4.31. The van der Waals surface area contributed by atoms with Crippen molar-refractivity contribution in [3.63, 3.8) is 0 Å². The first-order valence-electron chi connectivity index (χ1n) is 8.44. The maximum Gasteiger partial charge on any atom is 0.251 e. The Hall–Kier alpha value is -2.82. The van der Waals surface area contributed by atoms with Crippen molar-refractivity contribution in [3.8, 4) is 0 Å². The van der Waals surface area contributed by atoms with Crippen LogP contribution in [-0.2, 0) is 13.0 Å². The van der Waals surface area contributed by atoms with Crippen LogP contribution >= 0.6 is 0 Å². The lowest BCUT2D eigenvalue weighted by atomic mass is 10.1. The van der Waals surface area contributed by atoms with Gasteiger partial charge in [-0.15, -0.1) is 0 Å². The third-order valence-corrected chi connectivity index (χ3v) is 4.05. The van der Waals surface area contributed by atoms with Crippen LogP contribution in [-0.4, -0.2) is 32.5 Å². The summed E-state index contributed by atoms with van der Waals surface area (Å²) >= 11 is 0. The predicted octanol–water partition coefficient (Wildman–Crippen LogP) is 2.26. The van der Waals surface area contributed by atoms with E-state index in [1.807, 2.05) is 36.4 Å². The summed E-state index contributed by atoms with van der Waals surface area (Å²) in [5.74, 6) is 0.705. The third-order valence-electron chi connectivity index (χ3n) is 4.05. The van der Waals surface area contributed by atoms with Crippen molar-refractivity contribution in [3.05, 3.63) is 70.8 Å². The average molecular weight is 338 g/mol. The molecule has 25 heavy (non-hydrogen) atoms. The molecule has 0 saturated heterocycles. The Morgan fingerprint density at radius 1 is 1.08 bits per heavy atom. The van der Waals surface area contributed by atoms with Gasteiger partial charge in [0.2, 0.25) is 0 Å². The highest BCUT2D eigenvalue weighted by Gasteiger charge is 2.04. The number of amides is 1. The summed E-state index contributed by atoms with van der Waals surface area (Å²) in [5, 5.41) is 9.28. The fourth-order valence-corrected chi connectivity index (χ4v) is 2.55. The van der Waals surface area contributed by atoms with E-state index in [0.29, 0.717) is 5.56 Å². The number of nitrogens with one attached hydrogen (secondary N) is 3. The topological polar surface area (TPSA) is 65.5 Å². The van der Waals surface area contributed by atoms with Gasteiger partial charge in [-0.1, -0.05) is 36.4 Å². The molecule has 132 valence electrons. The average Bonchev–Trinajstić information content (AvgIpc) is 2.65. The van der Waals surface area contributed by atoms with Gasteiger partial charge in [0.15, 0.2) is 5.96 Å². The Morgan fingerprint density at radius 2 is 1.88 bits per heavy atom. The minimum absolute atomic E-state index is 0.0643. The molecule has 0 aliphatic heterocycles. The van der Waals surface area contributed by atoms with Gasteiger partial charge in [0.25, 0.3) is 5.91 Å². The van der Waals surface area contributed by atoms with Crippen LogP contribution in [0.3, 0.4) is 0 Å². The Balaban J connectivity index is 1.83. The molecule has 2 aromatic carbocycles. The number of hydrogen-bond donors (Lipinski definition) is 3. The molecule has 3 N–H and O–H groups in total. The Labute approximate surface area is 149 Å². The van der Waals surface area contributed by atoms with E-state index in [2.05, 4.69) is 40.0 Å². The van der Waals surface area contributed by atoms with Crippen LogP contribution in [0.1, 0.15) is 27.0 Å². The Bertz CT molecular complexity index is 740. The third kappa shape index (κ3) is 5.64. The summed E-state index contributed by atoms with van der Waals surface area (Å²) in [4.78, 5) is 15.9. The van der Waals surface area contributed by atoms with Gasteiger partial charge >= 0.3 is 0 Å². The summed E-state index contributed by atoms with van der Waals surface area (Å²) in [6.07, 6.45) is 0.815. The molecule has 0 heterocycles. The lowest BCUT2D eigenvalue weighted by Gasteiger charge is -2.13. The van der Waals surface area contributed by atoms with Crippen molar-refractivity contribution in [1.82, 2.24) is 16.0 Å². The fraction of sp³-hybridized carbons (Fsp3) is 0.300. The van der Waals surface area contributed by atoms with Gasteiger partial charge in [0.05, 0.1) is 0 Å². The van der Waals surface area contributed by atoms with E-state index in [1.54, 1.807) is 14.1 Å². The second-order valence-electron chi connectivity index (χ2n) is 5.81. The van der Waals surface area contributed by atoms with Gasteiger partial charge in [0, 0.05) is 32.7 Å². The van der Waals surface area contributed by atoms with Gasteiger partial charge in [-0.3, -0.25) is 9.79 Å². The molecule has 0 atom stereocenters. The molecule has 0 aromatic heterocycles. The molecule has 0 fully saturated rings. The van der Waals surface area contributed by atoms with Gasteiger partial charge in [-0.25, -0.2) is 0 Å². The molecule has 0 bridgehead atoms. The molecule has 0 aliphatic carbocycles. The minimum atomic E-state index is -0.0643. The molecule has 2 rings (SSSR count). The van der Waals surface area contributed by atoms with Crippen LogP contribution in [0.4, 0.5) is 0 Å². The predicted molar refractivity (Wildman–Crippen MR) is 103 cm³/mol. The van der Waals surface area contributed by atoms with Crippen LogP contribution in [0, 0.1) is 6.92 Å². The fourth-order valence-electron chi connectivity index (χ4n) is 2.55. The van der Waals surface area contributed by atoms with E-state index in [-0.39, 0.29) is 5.91 Å². The molecule has 0 unspecified atom stereocenters. The van der Waals surface area contributed by atoms with Crippen molar-refractivity contribution >= 4 is 11.9 Å². The first-order chi connectivity index (χ1) is 12.1. The second-order valence-corrected chi connectivity index (χ2v) is 5.81. The van der Waals surface area contributed by atoms with E-state index in [4.69, 9.17) is 0 Å². The Morgan fingerprint density at radius 3 is 2.60 bits per heavy atom. The van der Waals surface area contributed by atoms with Crippen LogP contribution in [0.2, 0.25) is 0 Å². The maximum atomic E-state index is 11.7. The summed E-state index contributed by atoms with van der Waals surface area (Å²) in [6, 6.07) is 16.0. The van der Waals surface area contributed by atoms with Crippen molar-refractivity contribution in [2.75, 3.05) is 20.6 Å². The molecule has 0 aliphatic rings. The highest BCUT2D eigenvalue weighted by molar-refractivity contribution is 5.94. The summed E-state index contributed by atoms with van der Waals surface area (Å²) < 4.78 is 0. The first kappa shape index (κ1) is 18.5. The number of carbonyl (C=O) groups is 1. The molecular weight excluding hydrogens is 312 g/mol. The number of rotatable bonds is 6. The maximum absolute atomic E-state index is 11.7. The zero-order chi connectivity index (χ0) is 18.1. The molecule has 0 saturated carbocycles. The van der Waals surface area contributed by atoms with E-state index < -0.39 is 0 Å². The van der Waals surface area contributed by atoms with Crippen molar-refractivity contribution in [2.45, 2.75) is 19.9 Å². The van der Waals surface area contributed by atoms with Crippen LogP contribution in [0.5, 0.6) is 0 Å². The zero-order valence-electron chi connectivity index (χ0n) is 15.1. The van der Waals surface area contributed by atoms with Crippen molar-refractivity contribution in [2.24, 2.45) is 4.99 Å². The van der Waals surface area contributed by atoms with Crippen LogP contribution in [0.25, 0.3) is 0 Å². The van der Waals surface area contributed by atoms with E-state index in [0.717, 1.165) is 31.0 Å². The number of aryl methyl sites for hydroxylation is 1. The molecule has 2 aromatic rings. The second kappa shape index (κ2) is 9.47. The highest BCUT2D eigenvalue weighted by atomic mass is 16.1. The van der Waals surface area contributed by atoms with Crippen LogP contribution < -0.4 is 16.0 Å². The number of aliphatic imine (C=N–C) groups is 1. The number of nitrogens with zero attached hydrogens (tertiary/aromatic N) is 1. The van der Waals surface area contributed by atoms with E-state index >= 15 is 0 Å². The van der Waals surface area contributed by atoms with Crippen LogP contribution in [0.15, 0.2) is 53.5 Å². The summed E-state index contributed by atoms with van der Waals surface area (Å²) in [6.45, 7) is 3.58. The standard InChI is InChI=1S/C20H26N4O/c1-15-7-4-5-9-18(15)14-24-20(22-3)23-12-11-16-8-6-10-17(13-16)19(25)21-2/h4-10,13H,11-12,14H2,1-3H3,(H,21,25)(H2,22,23,24). The van der Waals surface area contributed by atoms with E-state index in [9.17, 15) is 4.79 Å². The monoisotopic (exact) mass is 338 g/mol. The van der Waals surface area contributed by atoms with Gasteiger partial charge < -0.3 is 16.0 Å². The molecule has 0 spiro atoms. The molecule has 0 radical (unpaired) electrons. The molecular formula is C20H26N4O. The van der Waals surface area contributed by atoms with Crippen molar-refractivity contribution < 1.29 is 4.79 Å². The summed E-state index contributed by atoms with van der Waals surface area (Å²) in [7, 11) is 3.40. The van der Waals surface area contributed by atoms with E-state index in [1.165, 1.54) is 11.1 Å². The first-order valence-corrected chi connectivity index (χ1v) is 8.44. The lowest BCUT2D eigenvalue weighted by Crippen LogP contribution is -2.38. The lowest BCUT2D eigenvalue weighted by molar-refractivity contribution is 0.0963. The Kier molecular flexibility index (Phi) is 7.01. The number of benzene rings is 2. The quantitative estimate of drug-likeness (QED) is 0.559. The van der Waals surface area contributed by atoms with Crippen molar-refractivity contribution in [1.29, 1.82) is 0 Å². The normalized spacial score (nSPS) is 11.1. The number of hydrogen-bond acceptors (Lipinski definition) is 2. The van der Waals surface area contributed by atoms with Gasteiger partial charge in [-0.05, 0) is 42.2 Å². The SMILES string of the molecule is CN=C(NCCc1cccc(C(=O)NC)c1)NCc1ccccc1C. The number of carbonyl (C=O) groups excluding carboxylic acids is 1. The van der Waals surface area contributed by atoms with Gasteiger partial charge in [0.1, 0.15) is 0 Å². The minimum Gasteiger partial charge on any atom is -0.356 e. The highest BCUT2D eigenvalue weighted by Crippen LogP contribution is 2.07. The zero-order valence-corrected chi connectivity index (χ0v) is 15.1. The molecule has 5 heteroatoms. The molecule has 5 nitrogen and oxygen atoms in total.